The quantitative estimate of drug-likeness (QED) is 0.513. The van der Waals surface area contributed by atoms with Crippen LogP contribution in [0.1, 0.15) is 44.7 Å². The van der Waals surface area contributed by atoms with Gasteiger partial charge in [0.1, 0.15) is 0 Å². The predicted octanol–water partition coefficient (Wildman–Crippen LogP) is 3.14. The SMILES string of the molecule is CCCCCCOC(=O)CCc1ccccn1. The number of aryl methyl sites for hydroxylation is 1. The molecule has 1 aromatic rings. The first-order valence-electron chi connectivity index (χ1n) is 6.38. The smallest absolute Gasteiger partial charge is 0.306 e. The molecule has 3 heteroatoms. The molecule has 0 aromatic carbocycles. The summed E-state index contributed by atoms with van der Waals surface area (Å²) in [6.07, 6.45) is 7.36. The van der Waals surface area contributed by atoms with E-state index in [9.17, 15) is 4.79 Å². The van der Waals surface area contributed by atoms with Crippen LogP contribution >= 0.6 is 0 Å². The second kappa shape index (κ2) is 8.74. The van der Waals surface area contributed by atoms with E-state index in [1.807, 2.05) is 18.2 Å². The molecule has 0 fully saturated rings. The maximum atomic E-state index is 11.4. The van der Waals surface area contributed by atoms with Crippen molar-refractivity contribution in [1.82, 2.24) is 4.98 Å². The minimum absolute atomic E-state index is 0.118. The highest BCUT2D eigenvalue weighted by atomic mass is 16.5. The first-order chi connectivity index (χ1) is 8.33. The third-order valence-electron chi connectivity index (χ3n) is 2.57. The molecule has 0 saturated heterocycles. The summed E-state index contributed by atoms with van der Waals surface area (Å²) in [5, 5.41) is 0. The summed E-state index contributed by atoms with van der Waals surface area (Å²) in [6, 6.07) is 5.72. The molecule has 94 valence electrons. The fourth-order valence-corrected chi connectivity index (χ4v) is 1.56. The molecule has 17 heavy (non-hydrogen) atoms. The third kappa shape index (κ3) is 6.72. The first kappa shape index (κ1) is 13.7. The lowest BCUT2D eigenvalue weighted by atomic mass is 10.2. The van der Waals surface area contributed by atoms with Gasteiger partial charge in [-0.05, 0) is 18.6 Å². The Labute approximate surface area is 103 Å². The summed E-state index contributed by atoms with van der Waals surface area (Å²) in [5.41, 5.74) is 0.940. The number of nitrogens with zero attached hydrogens (tertiary/aromatic N) is 1. The number of ether oxygens (including phenoxy) is 1. The number of esters is 1. The Balaban J connectivity index is 2.05. The van der Waals surface area contributed by atoms with Crippen molar-refractivity contribution in [3.8, 4) is 0 Å². The fourth-order valence-electron chi connectivity index (χ4n) is 1.56. The van der Waals surface area contributed by atoms with E-state index in [2.05, 4.69) is 11.9 Å². The van der Waals surface area contributed by atoms with Crippen LogP contribution in [-0.4, -0.2) is 17.6 Å². The molecule has 0 aliphatic rings. The predicted molar refractivity (Wildman–Crippen MR) is 67.7 cm³/mol. The van der Waals surface area contributed by atoms with Gasteiger partial charge < -0.3 is 4.74 Å². The van der Waals surface area contributed by atoms with Crippen LogP contribution in [0.5, 0.6) is 0 Å². The van der Waals surface area contributed by atoms with Crippen LogP contribution in [0.15, 0.2) is 24.4 Å². The molecule has 0 bridgehead atoms. The Bertz CT molecular complexity index is 311. The second-order valence-electron chi connectivity index (χ2n) is 4.10. The Morgan fingerprint density at radius 2 is 2.18 bits per heavy atom. The van der Waals surface area contributed by atoms with Gasteiger partial charge >= 0.3 is 5.97 Å². The summed E-state index contributed by atoms with van der Waals surface area (Å²) >= 11 is 0. The van der Waals surface area contributed by atoms with Crippen LogP contribution in [0.2, 0.25) is 0 Å². The van der Waals surface area contributed by atoms with E-state index >= 15 is 0 Å². The van der Waals surface area contributed by atoms with Gasteiger partial charge in [-0.25, -0.2) is 0 Å². The van der Waals surface area contributed by atoms with Crippen LogP contribution in [0.4, 0.5) is 0 Å². The first-order valence-corrected chi connectivity index (χ1v) is 6.38. The second-order valence-corrected chi connectivity index (χ2v) is 4.10. The van der Waals surface area contributed by atoms with Gasteiger partial charge in [0.15, 0.2) is 0 Å². The van der Waals surface area contributed by atoms with Crippen molar-refractivity contribution in [2.75, 3.05) is 6.61 Å². The zero-order valence-electron chi connectivity index (χ0n) is 10.5. The summed E-state index contributed by atoms with van der Waals surface area (Å²) in [4.78, 5) is 15.6. The minimum Gasteiger partial charge on any atom is -0.466 e. The average molecular weight is 235 g/mol. The molecule has 0 atom stereocenters. The van der Waals surface area contributed by atoms with E-state index in [0.29, 0.717) is 19.4 Å². The number of hydrogen-bond acceptors (Lipinski definition) is 3. The van der Waals surface area contributed by atoms with Crippen LogP contribution in [0, 0.1) is 0 Å². The molecule has 0 radical (unpaired) electrons. The zero-order valence-corrected chi connectivity index (χ0v) is 10.5. The topological polar surface area (TPSA) is 39.2 Å². The number of pyridine rings is 1. The molecular formula is C14H21NO2. The van der Waals surface area contributed by atoms with Crippen LogP contribution in [-0.2, 0) is 16.0 Å². The molecule has 0 aliphatic carbocycles. The van der Waals surface area contributed by atoms with Crippen molar-refractivity contribution in [2.24, 2.45) is 0 Å². The summed E-state index contributed by atoms with van der Waals surface area (Å²) in [6.45, 7) is 2.72. The minimum atomic E-state index is -0.118. The van der Waals surface area contributed by atoms with Gasteiger partial charge in [0.2, 0.25) is 0 Å². The number of carbonyl (C=O) groups is 1. The van der Waals surface area contributed by atoms with Gasteiger partial charge in [-0.2, -0.15) is 0 Å². The number of hydrogen-bond donors (Lipinski definition) is 0. The average Bonchev–Trinajstić information content (AvgIpc) is 2.37. The van der Waals surface area contributed by atoms with Crippen LogP contribution < -0.4 is 0 Å². The van der Waals surface area contributed by atoms with Crippen molar-refractivity contribution < 1.29 is 9.53 Å². The van der Waals surface area contributed by atoms with Crippen LogP contribution in [0.3, 0.4) is 0 Å². The molecule has 0 aliphatic heterocycles. The van der Waals surface area contributed by atoms with Crippen molar-refractivity contribution in [3.05, 3.63) is 30.1 Å². The van der Waals surface area contributed by atoms with Gasteiger partial charge in [-0.1, -0.05) is 32.3 Å². The van der Waals surface area contributed by atoms with E-state index < -0.39 is 0 Å². The number of carbonyl (C=O) groups excluding carboxylic acids is 1. The van der Waals surface area contributed by atoms with Crippen molar-refractivity contribution in [2.45, 2.75) is 45.4 Å². The largest absolute Gasteiger partial charge is 0.466 e. The van der Waals surface area contributed by atoms with E-state index in [4.69, 9.17) is 4.74 Å². The van der Waals surface area contributed by atoms with E-state index in [0.717, 1.165) is 18.5 Å². The lowest BCUT2D eigenvalue weighted by Gasteiger charge is -2.04. The normalized spacial score (nSPS) is 10.2. The number of rotatable bonds is 8. The molecule has 1 heterocycles. The van der Waals surface area contributed by atoms with E-state index in [1.54, 1.807) is 6.20 Å². The Morgan fingerprint density at radius 3 is 2.88 bits per heavy atom. The molecule has 0 N–H and O–H groups in total. The van der Waals surface area contributed by atoms with Gasteiger partial charge in [-0.15, -0.1) is 0 Å². The maximum absolute atomic E-state index is 11.4. The zero-order chi connectivity index (χ0) is 12.3. The molecule has 0 amide bonds. The number of unbranched alkanes of at least 4 members (excludes halogenated alkanes) is 3. The van der Waals surface area contributed by atoms with E-state index in [1.165, 1.54) is 12.8 Å². The standard InChI is InChI=1S/C14H21NO2/c1-2-3-4-7-12-17-14(16)10-9-13-8-5-6-11-15-13/h5-6,8,11H,2-4,7,9-10,12H2,1H3. The van der Waals surface area contributed by atoms with E-state index in [-0.39, 0.29) is 5.97 Å². The third-order valence-corrected chi connectivity index (χ3v) is 2.57. The molecule has 1 aromatic heterocycles. The highest BCUT2D eigenvalue weighted by Crippen LogP contribution is 2.02. The molecular weight excluding hydrogens is 214 g/mol. The lowest BCUT2D eigenvalue weighted by molar-refractivity contribution is -0.143. The Hall–Kier alpha value is -1.38. The summed E-state index contributed by atoms with van der Waals surface area (Å²) in [7, 11) is 0. The highest BCUT2D eigenvalue weighted by Gasteiger charge is 2.03. The maximum Gasteiger partial charge on any atom is 0.306 e. The van der Waals surface area contributed by atoms with Gasteiger partial charge in [-0.3, -0.25) is 9.78 Å². The summed E-state index contributed by atoms with van der Waals surface area (Å²) in [5.74, 6) is -0.118. The summed E-state index contributed by atoms with van der Waals surface area (Å²) < 4.78 is 5.14. The molecule has 1 rings (SSSR count). The van der Waals surface area contributed by atoms with Crippen molar-refractivity contribution >= 4 is 5.97 Å². The lowest BCUT2D eigenvalue weighted by Crippen LogP contribution is -2.07. The van der Waals surface area contributed by atoms with Crippen molar-refractivity contribution in [1.29, 1.82) is 0 Å². The van der Waals surface area contributed by atoms with Gasteiger partial charge in [0.05, 0.1) is 13.0 Å². The Kier molecular flexibility index (Phi) is 7.03. The molecule has 0 unspecified atom stereocenters. The van der Waals surface area contributed by atoms with Crippen LogP contribution in [0.25, 0.3) is 0 Å². The number of aromatic nitrogens is 1. The highest BCUT2D eigenvalue weighted by molar-refractivity contribution is 5.69. The fraction of sp³-hybridized carbons (Fsp3) is 0.571. The Morgan fingerprint density at radius 1 is 1.29 bits per heavy atom. The molecule has 3 nitrogen and oxygen atoms in total. The molecule has 0 spiro atoms. The van der Waals surface area contributed by atoms with Crippen molar-refractivity contribution in [3.63, 3.8) is 0 Å². The van der Waals surface area contributed by atoms with Gasteiger partial charge in [0.25, 0.3) is 0 Å². The molecule has 0 saturated carbocycles. The van der Waals surface area contributed by atoms with Gasteiger partial charge in [0, 0.05) is 18.3 Å². The monoisotopic (exact) mass is 235 g/mol.